The van der Waals surface area contributed by atoms with E-state index in [1.807, 2.05) is 6.92 Å². The van der Waals surface area contributed by atoms with E-state index in [0.29, 0.717) is 5.70 Å². The van der Waals surface area contributed by atoms with Crippen LogP contribution in [0.1, 0.15) is 13.8 Å². The second-order valence-electron chi connectivity index (χ2n) is 2.02. The maximum Gasteiger partial charge on any atom is 0.178 e. The van der Waals surface area contributed by atoms with E-state index in [1.165, 1.54) is 6.92 Å². The summed E-state index contributed by atoms with van der Waals surface area (Å²) in [4.78, 5) is 14.3. The molecule has 0 aliphatic rings. The molecule has 0 unspecified atom stereocenters. The van der Waals surface area contributed by atoms with Crippen LogP contribution in [0.5, 0.6) is 0 Å². The van der Waals surface area contributed by atoms with Crippen molar-refractivity contribution in [2.75, 3.05) is 0 Å². The summed E-state index contributed by atoms with van der Waals surface area (Å²) >= 11 is 3.22. The van der Waals surface area contributed by atoms with Crippen LogP contribution >= 0.6 is 15.9 Å². The molecule has 60 valence electrons. The average molecular weight is 216 g/mol. The van der Waals surface area contributed by atoms with E-state index in [2.05, 4.69) is 27.6 Å². The molecule has 0 aromatic rings. The second kappa shape index (κ2) is 5.02. The van der Waals surface area contributed by atoms with Gasteiger partial charge in [0.15, 0.2) is 5.78 Å². The van der Waals surface area contributed by atoms with E-state index in [4.69, 9.17) is 0 Å². The summed E-state index contributed by atoms with van der Waals surface area (Å²) in [5.41, 5.74) is 0.379. The molecule has 3 heteroatoms. The van der Waals surface area contributed by atoms with Gasteiger partial charge in [-0.1, -0.05) is 22.0 Å². The molecule has 0 heterocycles. The first-order valence-electron chi connectivity index (χ1n) is 3.09. The summed E-state index contributed by atoms with van der Waals surface area (Å²) in [6.45, 7) is 6.61. The normalized spacial score (nSPS) is 13.0. The molecule has 0 aromatic carbocycles. The number of aliphatic imine (C=N–C) groups is 1. The van der Waals surface area contributed by atoms with Crippen molar-refractivity contribution in [3.8, 4) is 0 Å². The molecule has 0 saturated heterocycles. The number of nitrogens with zero attached hydrogens (tertiary/aromatic N) is 1. The molecule has 11 heavy (non-hydrogen) atoms. The van der Waals surface area contributed by atoms with Crippen molar-refractivity contribution in [1.29, 1.82) is 0 Å². The molecule has 0 N–H and O–H groups in total. The molecule has 0 amide bonds. The standard InChI is InChI=1S/C8H10BrNO/c1-6(9)4-5-8(10-3)7(2)11/h4-5H,3H2,1-2H3/b6-4+,8-5-. The first kappa shape index (κ1) is 10.3. The third kappa shape index (κ3) is 4.67. The lowest BCUT2D eigenvalue weighted by molar-refractivity contribution is -0.113. The van der Waals surface area contributed by atoms with Gasteiger partial charge in [0.1, 0.15) is 5.70 Å². The first-order valence-corrected chi connectivity index (χ1v) is 3.89. The Labute approximate surface area is 74.8 Å². The van der Waals surface area contributed by atoms with E-state index in [1.54, 1.807) is 12.2 Å². The molecule has 0 spiro atoms. The third-order valence-electron chi connectivity index (χ3n) is 1.00. The predicted molar refractivity (Wildman–Crippen MR) is 51.0 cm³/mol. The Morgan fingerprint density at radius 1 is 1.45 bits per heavy atom. The smallest absolute Gasteiger partial charge is 0.178 e. The fourth-order valence-electron chi connectivity index (χ4n) is 0.475. The molecule has 2 nitrogen and oxygen atoms in total. The number of carbonyl (C=O) groups is 1. The number of Topliss-reactive ketones (excluding diaryl/α,β-unsaturated/α-hetero) is 1. The number of hydrogen-bond acceptors (Lipinski definition) is 2. The Kier molecular flexibility index (Phi) is 4.70. The second-order valence-corrected chi connectivity index (χ2v) is 3.27. The molecule has 0 aliphatic heterocycles. The van der Waals surface area contributed by atoms with Gasteiger partial charge in [-0.05, 0) is 24.2 Å². The first-order chi connectivity index (χ1) is 5.07. The average Bonchev–Trinajstić information content (AvgIpc) is 1.87. The van der Waals surface area contributed by atoms with E-state index in [0.717, 1.165) is 4.48 Å². The maximum absolute atomic E-state index is 10.7. The highest BCUT2D eigenvalue weighted by atomic mass is 79.9. The zero-order valence-corrected chi connectivity index (χ0v) is 8.18. The molecule has 0 radical (unpaired) electrons. The van der Waals surface area contributed by atoms with Gasteiger partial charge in [-0.2, -0.15) is 0 Å². The Balaban J connectivity index is 4.50. The fourth-order valence-corrected chi connectivity index (χ4v) is 0.607. The summed E-state index contributed by atoms with van der Waals surface area (Å²) in [6.07, 6.45) is 3.38. The molecule has 0 aromatic heterocycles. The molecule has 0 bridgehead atoms. The highest BCUT2D eigenvalue weighted by molar-refractivity contribution is 9.11. The highest BCUT2D eigenvalue weighted by Crippen LogP contribution is 2.04. The van der Waals surface area contributed by atoms with Crippen LogP contribution in [-0.2, 0) is 4.79 Å². The van der Waals surface area contributed by atoms with Crippen molar-refractivity contribution in [1.82, 2.24) is 0 Å². The van der Waals surface area contributed by atoms with Crippen molar-refractivity contribution in [3.63, 3.8) is 0 Å². The number of hydrogen-bond donors (Lipinski definition) is 0. The Morgan fingerprint density at radius 2 is 2.00 bits per heavy atom. The minimum Gasteiger partial charge on any atom is -0.293 e. The van der Waals surface area contributed by atoms with Crippen molar-refractivity contribution >= 4 is 28.4 Å². The summed E-state index contributed by atoms with van der Waals surface area (Å²) in [5.74, 6) is -0.0787. The molecule has 0 saturated carbocycles. The molecule has 0 fully saturated rings. The predicted octanol–water partition coefficient (Wildman–Crippen LogP) is 2.46. The van der Waals surface area contributed by atoms with Gasteiger partial charge in [0.2, 0.25) is 0 Å². The van der Waals surface area contributed by atoms with Gasteiger partial charge in [0.25, 0.3) is 0 Å². The molecule has 0 aliphatic carbocycles. The van der Waals surface area contributed by atoms with E-state index < -0.39 is 0 Å². The van der Waals surface area contributed by atoms with Gasteiger partial charge >= 0.3 is 0 Å². The van der Waals surface area contributed by atoms with E-state index in [-0.39, 0.29) is 5.78 Å². The van der Waals surface area contributed by atoms with Crippen LogP contribution in [0.2, 0.25) is 0 Å². The number of rotatable bonds is 3. The van der Waals surface area contributed by atoms with Crippen LogP contribution in [0.4, 0.5) is 0 Å². The number of allylic oxidation sites excluding steroid dienone is 4. The van der Waals surface area contributed by atoms with E-state index in [9.17, 15) is 4.79 Å². The summed E-state index contributed by atoms with van der Waals surface area (Å²) in [5, 5.41) is 0. The lowest BCUT2D eigenvalue weighted by atomic mass is 10.3. The molecular formula is C8H10BrNO. The maximum atomic E-state index is 10.7. The molecular weight excluding hydrogens is 206 g/mol. The van der Waals surface area contributed by atoms with Crippen LogP contribution < -0.4 is 0 Å². The number of halogens is 1. The number of ketones is 1. The van der Waals surface area contributed by atoms with Crippen LogP contribution in [0.15, 0.2) is 27.3 Å². The third-order valence-corrected chi connectivity index (χ3v) is 1.27. The van der Waals surface area contributed by atoms with Crippen molar-refractivity contribution in [2.45, 2.75) is 13.8 Å². The van der Waals surface area contributed by atoms with Crippen LogP contribution in [0.3, 0.4) is 0 Å². The highest BCUT2D eigenvalue weighted by Gasteiger charge is 1.96. The van der Waals surface area contributed by atoms with Crippen molar-refractivity contribution in [3.05, 3.63) is 22.3 Å². The van der Waals surface area contributed by atoms with E-state index >= 15 is 0 Å². The Bertz CT molecular complexity index is 224. The van der Waals surface area contributed by atoms with Crippen molar-refractivity contribution in [2.24, 2.45) is 4.99 Å². The van der Waals surface area contributed by atoms with Crippen LogP contribution in [0, 0.1) is 0 Å². The SMILES string of the molecule is C=N/C(=C\C=C(/C)Br)C(C)=O. The topological polar surface area (TPSA) is 29.4 Å². The van der Waals surface area contributed by atoms with Gasteiger partial charge in [0.05, 0.1) is 0 Å². The summed E-state index contributed by atoms with van der Waals surface area (Å²) in [6, 6.07) is 0. The summed E-state index contributed by atoms with van der Waals surface area (Å²) in [7, 11) is 0. The largest absolute Gasteiger partial charge is 0.293 e. The Morgan fingerprint density at radius 3 is 2.27 bits per heavy atom. The number of carbonyl (C=O) groups excluding carboxylic acids is 1. The zero-order chi connectivity index (χ0) is 8.85. The fraction of sp³-hybridized carbons (Fsp3) is 0.250. The Hall–Kier alpha value is -0.700. The van der Waals surface area contributed by atoms with Gasteiger partial charge in [-0.25, -0.2) is 0 Å². The molecule has 0 rings (SSSR count). The molecule has 0 atom stereocenters. The quantitative estimate of drug-likeness (QED) is 0.404. The monoisotopic (exact) mass is 215 g/mol. The zero-order valence-electron chi connectivity index (χ0n) is 6.60. The van der Waals surface area contributed by atoms with Gasteiger partial charge in [-0.15, -0.1) is 0 Å². The van der Waals surface area contributed by atoms with Crippen LogP contribution in [0.25, 0.3) is 0 Å². The van der Waals surface area contributed by atoms with Gasteiger partial charge < -0.3 is 0 Å². The minimum absolute atomic E-state index is 0.0787. The lowest BCUT2D eigenvalue weighted by Crippen LogP contribution is -1.91. The van der Waals surface area contributed by atoms with Crippen LogP contribution in [-0.4, -0.2) is 12.5 Å². The van der Waals surface area contributed by atoms with Gasteiger partial charge in [-0.3, -0.25) is 9.79 Å². The van der Waals surface area contributed by atoms with Crippen molar-refractivity contribution < 1.29 is 4.79 Å². The minimum atomic E-state index is -0.0787. The summed E-state index contributed by atoms with van der Waals surface area (Å²) < 4.78 is 0.944. The lowest BCUT2D eigenvalue weighted by Gasteiger charge is -1.90. The van der Waals surface area contributed by atoms with Gasteiger partial charge in [0, 0.05) is 6.92 Å².